The molecule has 6 nitrogen and oxygen atoms in total. The van der Waals surface area contributed by atoms with Gasteiger partial charge in [0.2, 0.25) is 0 Å². The molecule has 1 saturated carbocycles. The number of hydrogen-bond acceptors (Lipinski definition) is 3. The lowest BCUT2D eigenvalue weighted by atomic mass is 9.86. The fraction of sp³-hybridized carbons (Fsp3) is 0.833. The number of carbonyl (C=O) groups excluding carboxylic acids is 1. The molecular formula is C12H21N3O3. The van der Waals surface area contributed by atoms with E-state index >= 15 is 0 Å². The lowest BCUT2D eigenvalue weighted by Crippen LogP contribution is -2.53. The summed E-state index contributed by atoms with van der Waals surface area (Å²) in [5.74, 6) is -1.04. The van der Waals surface area contributed by atoms with Crippen LogP contribution in [-0.4, -0.2) is 54.2 Å². The summed E-state index contributed by atoms with van der Waals surface area (Å²) in [6.45, 7) is 3.10. The summed E-state index contributed by atoms with van der Waals surface area (Å²) in [4.78, 5) is 24.7. The highest BCUT2D eigenvalue weighted by Gasteiger charge is 2.28. The number of carbonyl (C=O) groups is 2. The normalized spacial score (nSPS) is 28.8. The summed E-state index contributed by atoms with van der Waals surface area (Å²) in [5, 5.41) is 15.2. The van der Waals surface area contributed by atoms with E-state index in [4.69, 9.17) is 5.11 Å². The number of urea groups is 1. The number of carboxylic acids is 1. The zero-order chi connectivity index (χ0) is 13.0. The summed E-state index contributed by atoms with van der Waals surface area (Å²) < 4.78 is 0. The van der Waals surface area contributed by atoms with Gasteiger partial charge in [0.15, 0.2) is 0 Å². The third kappa shape index (κ3) is 3.35. The Morgan fingerprint density at radius 2 is 1.94 bits per heavy atom. The molecular weight excluding hydrogens is 234 g/mol. The van der Waals surface area contributed by atoms with Crippen LogP contribution in [0.2, 0.25) is 0 Å². The van der Waals surface area contributed by atoms with E-state index in [9.17, 15) is 9.59 Å². The fourth-order valence-electron chi connectivity index (χ4n) is 2.68. The van der Waals surface area contributed by atoms with Gasteiger partial charge in [-0.2, -0.15) is 0 Å². The van der Waals surface area contributed by atoms with Crippen molar-refractivity contribution >= 4 is 12.0 Å². The predicted octanol–water partition coefficient (Wildman–Crippen LogP) is 0.245. The third-order valence-electron chi connectivity index (χ3n) is 3.76. The predicted molar refractivity (Wildman–Crippen MR) is 66.4 cm³/mol. The molecule has 3 N–H and O–H groups in total. The standard InChI is InChI=1S/C12H21N3O3/c16-11(17)9-2-1-3-10(8-9)14-12(18)15-6-4-13-5-7-15/h9-10,13H,1-8H2,(H,14,18)(H,16,17). The van der Waals surface area contributed by atoms with Crippen LogP contribution in [0.1, 0.15) is 25.7 Å². The van der Waals surface area contributed by atoms with Gasteiger partial charge in [0.1, 0.15) is 0 Å². The molecule has 6 heteroatoms. The molecule has 1 saturated heterocycles. The van der Waals surface area contributed by atoms with Gasteiger partial charge in [-0.25, -0.2) is 4.79 Å². The quantitative estimate of drug-likeness (QED) is 0.660. The van der Waals surface area contributed by atoms with E-state index in [0.29, 0.717) is 6.42 Å². The number of hydrogen-bond donors (Lipinski definition) is 3. The second kappa shape index (κ2) is 6.04. The summed E-state index contributed by atoms with van der Waals surface area (Å²) in [6.07, 6.45) is 3.06. The van der Waals surface area contributed by atoms with Crippen molar-refractivity contribution < 1.29 is 14.7 Å². The smallest absolute Gasteiger partial charge is 0.317 e. The van der Waals surface area contributed by atoms with E-state index in [1.165, 1.54) is 0 Å². The van der Waals surface area contributed by atoms with Crippen molar-refractivity contribution in [3.8, 4) is 0 Å². The maximum Gasteiger partial charge on any atom is 0.317 e. The number of nitrogens with zero attached hydrogens (tertiary/aromatic N) is 1. The van der Waals surface area contributed by atoms with E-state index in [0.717, 1.165) is 45.4 Å². The minimum absolute atomic E-state index is 0.0160. The van der Waals surface area contributed by atoms with Gasteiger partial charge in [0.05, 0.1) is 5.92 Å². The molecule has 2 amide bonds. The molecule has 0 spiro atoms. The molecule has 0 bridgehead atoms. The number of carboxylic acid groups (broad SMARTS) is 1. The van der Waals surface area contributed by atoms with Crippen LogP contribution in [0, 0.1) is 5.92 Å². The second-order valence-corrected chi connectivity index (χ2v) is 5.09. The molecule has 2 unspecified atom stereocenters. The number of rotatable bonds is 2. The van der Waals surface area contributed by atoms with E-state index in [1.54, 1.807) is 4.90 Å². The summed E-state index contributed by atoms with van der Waals surface area (Å²) in [6, 6.07) is -0.0326. The summed E-state index contributed by atoms with van der Waals surface area (Å²) in [7, 11) is 0. The number of nitrogens with one attached hydrogen (secondary N) is 2. The molecule has 1 aliphatic carbocycles. The van der Waals surface area contributed by atoms with Gasteiger partial charge in [-0.1, -0.05) is 6.42 Å². The zero-order valence-corrected chi connectivity index (χ0v) is 10.5. The molecule has 2 atom stereocenters. The van der Waals surface area contributed by atoms with Crippen molar-refractivity contribution in [3.63, 3.8) is 0 Å². The molecule has 102 valence electrons. The van der Waals surface area contributed by atoms with Crippen LogP contribution in [0.25, 0.3) is 0 Å². The largest absolute Gasteiger partial charge is 0.481 e. The van der Waals surface area contributed by atoms with Gasteiger partial charge < -0.3 is 20.6 Å². The number of aliphatic carboxylic acids is 1. The van der Waals surface area contributed by atoms with E-state index in [1.807, 2.05) is 0 Å². The first kappa shape index (κ1) is 13.1. The molecule has 1 heterocycles. The van der Waals surface area contributed by atoms with Crippen LogP contribution in [0.15, 0.2) is 0 Å². The molecule has 0 radical (unpaired) electrons. The molecule has 2 fully saturated rings. The Bertz CT molecular complexity index is 316. The Morgan fingerprint density at radius 3 is 2.61 bits per heavy atom. The molecule has 1 aliphatic heterocycles. The summed E-state index contributed by atoms with van der Waals surface area (Å²) in [5.41, 5.74) is 0. The van der Waals surface area contributed by atoms with Crippen LogP contribution in [0.5, 0.6) is 0 Å². The first-order chi connectivity index (χ1) is 8.66. The van der Waals surface area contributed by atoms with E-state index in [-0.39, 0.29) is 18.0 Å². The van der Waals surface area contributed by atoms with Crippen molar-refractivity contribution in [1.29, 1.82) is 0 Å². The highest BCUT2D eigenvalue weighted by Crippen LogP contribution is 2.24. The molecule has 0 aromatic carbocycles. The number of amides is 2. The summed E-state index contributed by atoms with van der Waals surface area (Å²) >= 11 is 0. The Kier molecular flexibility index (Phi) is 4.41. The van der Waals surface area contributed by atoms with Gasteiger partial charge >= 0.3 is 12.0 Å². The molecule has 0 aromatic heterocycles. The Labute approximate surface area is 107 Å². The van der Waals surface area contributed by atoms with E-state index < -0.39 is 5.97 Å². The maximum atomic E-state index is 12.0. The van der Waals surface area contributed by atoms with Gasteiger partial charge in [0.25, 0.3) is 0 Å². The highest BCUT2D eigenvalue weighted by molar-refractivity contribution is 5.75. The van der Waals surface area contributed by atoms with Gasteiger partial charge in [-0.15, -0.1) is 0 Å². The van der Waals surface area contributed by atoms with Crippen LogP contribution < -0.4 is 10.6 Å². The van der Waals surface area contributed by atoms with Crippen molar-refractivity contribution in [2.24, 2.45) is 5.92 Å². The Balaban J connectivity index is 1.81. The Hall–Kier alpha value is -1.30. The highest BCUT2D eigenvalue weighted by atomic mass is 16.4. The molecule has 0 aromatic rings. The Morgan fingerprint density at radius 1 is 1.22 bits per heavy atom. The molecule has 2 rings (SSSR count). The van der Waals surface area contributed by atoms with Crippen LogP contribution >= 0.6 is 0 Å². The van der Waals surface area contributed by atoms with Crippen molar-refractivity contribution in [3.05, 3.63) is 0 Å². The van der Waals surface area contributed by atoms with E-state index in [2.05, 4.69) is 10.6 Å². The average Bonchev–Trinajstić information content (AvgIpc) is 2.40. The van der Waals surface area contributed by atoms with Crippen LogP contribution in [0.4, 0.5) is 4.79 Å². The number of piperazine rings is 1. The van der Waals surface area contributed by atoms with Crippen molar-refractivity contribution in [2.75, 3.05) is 26.2 Å². The molecule has 18 heavy (non-hydrogen) atoms. The first-order valence-corrected chi connectivity index (χ1v) is 6.66. The zero-order valence-electron chi connectivity index (χ0n) is 10.5. The minimum Gasteiger partial charge on any atom is -0.481 e. The third-order valence-corrected chi connectivity index (χ3v) is 3.76. The molecule has 2 aliphatic rings. The van der Waals surface area contributed by atoms with Crippen LogP contribution in [-0.2, 0) is 4.79 Å². The second-order valence-electron chi connectivity index (χ2n) is 5.09. The van der Waals surface area contributed by atoms with Crippen LogP contribution in [0.3, 0.4) is 0 Å². The van der Waals surface area contributed by atoms with Gasteiger partial charge in [-0.3, -0.25) is 4.79 Å². The van der Waals surface area contributed by atoms with Crippen molar-refractivity contribution in [2.45, 2.75) is 31.7 Å². The van der Waals surface area contributed by atoms with Gasteiger partial charge in [0, 0.05) is 32.2 Å². The topological polar surface area (TPSA) is 81.7 Å². The lowest BCUT2D eigenvalue weighted by molar-refractivity contribution is -0.143. The van der Waals surface area contributed by atoms with Crippen molar-refractivity contribution in [1.82, 2.24) is 15.5 Å². The first-order valence-electron chi connectivity index (χ1n) is 6.66. The van der Waals surface area contributed by atoms with Gasteiger partial charge in [-0.05, 0) is 19.3 Å². The lowest BCUT2D eigenvalue weighted by Gasteiger charge is -2.32. The fourth-order valence-corrected chi connectivity index (χ4v) is 2.68. The monoisotopic (exact) mass is 255 g/mol. The maximum absolute atomic E-state index is 12.0. The SMILES string of the molecule is O=C(O)C1CCCC(NC(=O)N2CCNCC2)C1. The minimum atomic E-state index is -0.740. The average molecular weight is 255 g/mol.